The summed E-state index contributed by atoms with van der Waals surface area (Å²) in [5.41, 5.74) is -0.871. The number of halogens is 3. The van der Waals surface area contributed by atoms with Gasteiger partial charge in [0.05, 0.1) is 12.7 Å². The summed E-state index contributed by atoms with van der Waals surface area (Å²) in [5.74, 6) is -0.384. The summed E-state index contributed by atoms with van der Waals surface area (Å²) in [5, 5.41) is 0. The summed E-state index contributed by atoms with van der Waals surface area (Å²) < 4.78 is 42.7. The minimum absolute atomic E-state index is 0.0307. The van der Waals surface area contributed by atoms with Crippen molar-refractivity contribution in [2.75, 3.05) is 7.11 Å². The molecule has 0 fully saturated rings. The predicted molar refractivity (Wildman–Crippen MR) is 52.7 cm³/mol. The molecule has 5 heteroatoms. The van der Waals surface area contributed by atoms with Gasteiger partial charge in [-0.05, 0) is 31.5 Å². The van der Waals surface area contributed by atoms with E-state index in [0.29, 0.717) is 0 Å². The average Bonchev–Trinajstić information content (AvgIpc) is 2.15. The van der Waals surface area contributed by atoms with E-state index in [9.17, 15) is 18.0 Å². The Morgan fingerprint density at radius 1 is 1.31 bits per heavy atom. The van der Waals surface area contributed by atoms with Crippen molar-refractivity contribution in [3.05, 3.63) is 28.8 Å². The van der Waals surface area contributed by atoms with Gasteiger partial charge in [-0.2, -0.15) is 13.2 Å². The van der Waals surface area contributed by atoms with Crippen LogP contribution in [0.25, 0.3) is 0 Å². The number of benzene rings is 1. The van der Waals surface area contributed by atoms with Crippen molar-refractivity contribution >= 4 is 5.78 Å². The first-order valence-electron chi connectivity index (χ1n) is 4.54. The van der Waals surface area contributed by atoms with Crippen LogP contribution in [0, 0.1) is 6.92 Å². The summed E-state index contributed by atoms with van der Waals surface area (Å²) in [6.07, 6.45) is -4.48. The highest BCUT2D eigenvalue weighted by Gasteiger charge is 2.34. The summed E-state index contributed by atoms with van der Waals surface area (Å²) in [7, 11) is 1.26. The van der Waals surface area contributed by atoms with Gasteiger partial charge < -0.3 is 4.74 Å². The second-order valence-corrected chi connectivity index (χ2v) is 3.40. The minimum atomic E-state index is -4.48. The topological polar surface area (TPSA) is 26.3 Å². The van der Waals surface area contributed by atoms with Crippen LogP contribution in [0.1, 0.15) is 28.4 Å². The van der Waals surface area contributed by atoms with E-state index in [-0.39, 0.29) is 16.9 Å². The number of ether oxygens (including phenoxy) is 1. The number of carbonyl (C=O) groups excluding carboxylic acids is 1. The number of hydrogen-bond acceptors (Lipinski definition) is 2. The molecule has 0 aliphatic heterocycles. The lowest BCUT2D eigenvalue weighted by Crippen LogP contribution is -2.11. The predicted octanol–water partition coefficient (Wildman–Crippen LogP) is 3.23. The van der Waals surface area contributed by atoms with E-state index in [1.807, 2.05) is 0 Å². The Morgan fingerprint density at radius 3 is 2.25 bits per heavy atom. The molecule has 0 unspecified atom stereocenters. The van der Waals surface area contributed by atoms with Gasteiger partial charge in [0.2, 0.25) is 0 Å². The Hall–Kier alpha value is -1.52. The molecule has 0 radical (unpaired) electrons. The molecule has 1 aromatic carbocycles. The van der Waals surface area contributed by atoms with Gasteiger partial charge in [-0.25, -0.2) is 0 Å². The van der Waals surface area contributed by atoms with E-state index in [1.54, 1.807) is 0 Å². The van der Waals surface area contributed by atoms with Crippen molar-refractivity contribution in [2.24, 2.45) is 0 Å². The van der Waals surface area contributed by atoms with Gasteiger partial charge in [-0.3, -0.25) is 4.79 Å². The SMILES string of the molecule is COc1cc(C(C)=O)c(C)c(C(F)(F)F)c1. The minimum Gasteiger partial charge on any atom is -0.497 e. The van der Waals surface area contributed by atoms with E-state index in [1.165, 1.54) is 27.0 Å². The van der Waals surface area contributed by atoms with Crippen molar-refractivity contribution < 1.29 is 22.7 Å². The fraction of sp³-hybridized carbons (Fsp3) is 0.364. The normalized spacial score (nSPS) is 11.4. The molecule has 0 bridgehead atoms. The van der Waals surface area contributed by atoms with Gasteiger partial charge in [-0.15, -0.1) is 0 Å². The summed E-state index contributed by atoms with van der Waals surface area (Å²) in [6, 6.07) is 2.20. The molecule has 0 N–H and O–H groups in total. The van der Waals surface area contributed by atoms with Gasteiger partial charge >= 0.3 is 6.18 Å². The zero-order valence-corrected chi connectivity index (χ0v) is 9.11. The number of methoxy groups -OCH3 is 1. The maximum absolute atomic E-state index is 12.6. The number of ketones is 1. The van der Waals surface area contributed by atoms with Crippen LogP contribution in [0.2, 0.25) is 0 Å². The van der Waals surface area contributed by atoms with Crippen molar-refractivity contribution in [2.45, 2.75) is 20.0 Å². The zero-order chi connectivity index (χ0) is 12.5. The fourth-order valence-electron chi connectivity index (χ4n) is 1.47. The molecule has 0 amide bonds. The van der Waals surface area contributed by atoms with Gasteiger partial charge in [0, 0.05) is 5.56 Å². The Labute approximate surface area is 91.0 Å². The molecule has 0 aromatic heterocycles. The van der Waals surface area contributed by atoms with Gasteiger partial charge in [0.1, 0.15) is 5.75 Å². The first kappa shape index (κ1) is 12.5. The molecule has 0 heterocycles. The lowest BCUT2D eigenvalue weighted by molar-refractivity contribution is -0.138. The third kappa shape index (κ3) is 2.35. The standard InChI is InChI=1S/C11H11F3O2/c1-6-9(7(2)15)4-8(16-3)5-10(6)11(12,13)14/h4-5H,1-3H3. The molecule has 0 saturated carbocycles. The Kier molecular flexibility index (Phi) is 3.26. The number of Topliss-reactive ketones (excluding diaryl/α,β-unsaturated/α-hetero) is 1. The smallest absolute Gasteiger partial charge is 0.416 e. The number of hydrogen-bond donors (Lipinski definition) is 0. The highest BCUT2D eigenvalue weighted by molar-refractivity contribution is 5.96. The summed E-state index contributed by atoms with van der Waals surface area (Å²) >= 11 is 0. The average molecular weight is 232 g/mol. The highest BCUT2D eigenvalue weighted by atomic mass is 19.4. The van der Waals surface area contributed by atoms with Crippen molar-refractivity contribution in [1.82, 2.24) is 0 Å². The molecule has 0 aliphatic carbocycles. The molecule has 0 aliphatic rings. The first-order valence-corrected chi connectivity index (χ1v) is 4.54. The number of rotatable bonds is 2. The largest absolute Gasteiger partial charge is 0.497 e. The van der Waals surface area contributed by atoms with Crippen LogP contribution in [0.5, 0.6) is 5.75 Å². The molecular weight excluding hydrogens is 221 g/mol. The lowest BCUT2D eigenvalue weighted by Gasteiger charge is -2.14. The fourth-order valence-corrected chi connectivity index (χ4v) is 1.47. The maximum Gasteiger partial charge on any atom is 0.416 e. The van der Waals surface area contributed by atoms with Crippen molar-refractivity contribution in [1.29, 1.82) is 0 Å². The number of alkyl halides is 3. The number of carbonyl (C=O) groups is 1. The van der Waals surface area contributed by atoms with Crippen LogP contribution < -0.4 is 4.74 Å². The van der Waals surface area contributed by atoms with Gasteiger partial charge in [0.15, 0.2) is 5.78 Å². The van der Waals surface area contributed by atoms with E-state index >= 15 is 0 Å². The molecule has 88 valence electrons. The third-order valence-corrected chi connectivity index (χ3v) is 2.30. The van der Waals surface area contributed by atoms with Crippen molar-refractivity contribution in [3.63, 3.8) is 0 Å². The first-order chi connectivity index (χ1) is 7.27. The molecule has 0 atom stereocenters. The van der Waals surface area contributed by atoms with Crippen LogP contribution in [-0.2, 0) is 6.18 Å². The summed E-state index contributed by atoms with van der Waals surface area (Å²) in [6.45, 7) is 2.50. The van der Waals surface area contributed by atoms with E-state index in [2.05, 4.69) is 0 Å². The molecule has 2 nitrogen and oxygen atoms in total. The lowest BCUT2D eigenvalue weighted by atomic mass is 9.99. The van der Waals surface area contributed by atoms with Crippen LogP contribution in [0.4, 0.5) is 13.2 Å². The molecule has 1 aromatic rings. The molecule has 16 heavy (non-hydrogen) atoms. The van der Waals surface area contributed by atoms with Gasteiger partial charge in [0.25, 0.3) is 0 Å². The second-order valence-electron chi connectivity index (χ2n) is 3.40. The third-order valence-electron chi connectivity index (χ3n) is 2.30. The van der Waals surface area contributed by atoms with E-state index in [4.69, 9.17) is 4.74 Å². The van der Waals surface area contributed by atoms with Crippen LogP contribution in [-0.4, -0.2) is 12.9 Å². The monoisotopic (exact) mass is 232 g/mol. The van der Waals surface area contributed by atoms with Crippen molar-refractivity contribution in [3.8, 4) is 5.75 Å². The van der Waals surface area contributed by atoms with Crippen LogP contribution in [0.15, 0.2) is 12.1 Å². The molecule has 0 saturated heterocycles. The second kappa shape index (κ2) is 4.15. The quantitative estimate of drug-likeness (QED) is 0.732. The summed E-state index contributed by atoms with van der Waals surface area (Å²) in [4.78, 5) is 11.2. The molecule has 1 rings (SSSR count). The van der Waals surface area contributed by atoms with Gasteiger partial charge in [-0.1, -0.05) is 0 Å². The van der Waals surface area contributed by atoms with E-state index < -0.39 is 17.5 Å². The molecular formula is C11H11F3O2. The van der Waals surface area contributed by atoms with Crippen LogP contribution in [0.3, 0.4) is 0 Å². The Morgan fingerprint density at radius 2 is 1.88 bits per heavy atom. The Bertz CT molecular complexity index is 422. The highest BCUT2D eigenvalue weighted by Crippen LogP contribution is 2.35. The zero-order valence-electron chi connectivity index (χ0n) is 9.11. The Balaban J connectivity index is 3.50. The van der Waals surface area contributed by atoms with Crippen LogP contribution >= 0.6 is 0 Å². The molecule has 0 spiro atoms. The van der Waals surface area contributed by atoms with E-state index in [0.717, 1.165) is 6.07 Å². The maximum atomic E-state index is 12.6.